The summed E-state index contributed by atoms with van der Waals surface area (Å²) in [7, 11) is 0. The summed E-state index contributed by atoms with van der Waals surface area (Å²) in [6.07, 6.45) is 13.2. The highest BCUT2D eigenvalue weighted by atomic mass is 16.2. The molecule has 0 aliphatic carbocycles. The lowest BCUT2D eigenvalue weighted by Gasteiger charge is -2.20. The summed E-state index contributed by atoms with van der Waals surface area (Å²) in [5.74, 6) is 0.697. The predicted molar refractivity (Wildman–Crippen MR) is 101 cm³/mol. The molecule has 1 aliphatic heterocycles. The Hall–Kier alpha value is -2.82. The van der Waals surface area contributed by atoms with Crippen molar-refractivity contribution in [2.24, 2.45) is 5.92 Å². The van der Waals surface area contributed by atoms with E-state index in [9.17, 15) is 4.79 Å². The van der Waals surface area contributed by atoms with Crippen molar-refractivity contribution in [2.75, 3.05) is 13.1 Å². The van der Waals surface area contributed by atoms with Gasteiger partial charge >= 0.3 is 0 Å². The number of pyridine rings is 3. The highest BCUT2D eigenvalue weighted by Gasteiger charge is 2.22. The molecule has 1 amide bonds. The molecule has 0 bridgehead atoms. The van der Waals surface area contributed by atoms with E-state index in [0.717, 1.165) is 55.2 Å². The van der Waals surface area contributed by atoms with Crippen LogP contribution in [0.2, 0.25) is 0 Å². The fraction of sp³-hybridized carbons (Fsp3) is 0.333. The van der Waals surface area contributed by atoms with Crippen LogP contribution < -0.4 is 0 Å². The molecule has 0 aromatic carbocycles. The smallest absolute Gasteiger partial charge is 0.253 e. The number of carbonyl (C=O) groups is 1. The zero-order valence-corrected chi connectivity index (χ0v) is 14.7. The first kappa shape index (κ1) is 16.6. The Morgan fingerprint density at radius 3 is 2.73 bits per heavy atom. The summed E-state index contributed by atoms with van der Waals surface area (Å²) in [5, 5.41) is 1.14. The molecule has 5 nitrogen and oxygen atoms in total. The van der Waals surface area contributed by atoms with Gasteiger partial charge in [0.1, 0.15) is 0 Å². The molecule has 0 spiro atoms. The van der Waals surface area contributed by atoms with Crippen LogP contribution in [0.1, 0.15) is 35.2 Å². The van der Waals surface area contributed by atoms with Gasteiger partial charge in [-0.05, 0) is 61.4 Å². The fourth-order valence-electron chi connectivity index (χ4n) is 3.78. The fourth-order valence-corrected chi connectivity index (χ4v) is 3.78. The number of nitrogens with zero attached hydrogens (tertiary/aromatic N) is 4. The second-order valence-electron chi connectivity index (χ2n) is 6.89. The van der Waals surface area contributed by atoms with Crippen molar-refractivity contribution < 1.29 is 4.79 Å². The molecule has 1 saturated heterocycles. The van der Waals surface area contributed by atoms with Crippen molar-refractivity contribution >= 4 is 16.8 Å². The summed E-state index contributed by atoms with van der Waals surface area (Å²) in [6.45, 7) is 1.64. The highest BCUT2D eigenvalue weighted by molar-refractivity contribution is 5.94. The Bertz CT molecular complexity index is 891. The van der Waals surface area contributed by atoms with Crippen molar-refractivity contribution in [3.63, 3.8) is 0 Å². The van der Waals surface area contributed by atoms with E-state index in [-0.39, 0.29) is 5.91 Å². The van der Waals surface area contributed by atoms with Crippen molar-refractivity contribution in [2.45, 2.75) is 25.7 Å². The zero-order chi connectivity index (χ0) is 17.8. The molecule has 0 N–H and O–H groups in total. The molecule has 4 rings (SSSR count). The molecule has 0 saturated carbocycles. The Kier molecular flexibility index (Phi) is 4.86. The summed E-state index contributed by atoms with van der Waals surface area (Å²) in [6, 6.07) is 7.65. The third-order valence-electron chi connectivity index (χ3n) is 5.20. The molecular formula is C21H22N4O. The molecule has 4 heterocycles. The first-order valence-electron chi connectivity index (χ1n) is 9.18. The van der Waals surface area contributed by atoms with Crippen LogP contribution in [-0.4, -0.2) is 38.8 Å². The monoisotopic (exact) mass is 346 g/mol. The van der Waals surface area contributed by atoms with Gasteiger partial charge < -0.3 is 4.90 Å². The summed E-state index contributed by atoms with van der Waals surface area (Å²) in [4.78, 5) is 27.3. The quantitative estimate of drug-likeness (QED) is 0.728. The molecular weight excluding hydrogens is 324 g/mol. The van der Waals surface area contributed by atoms with Crippen molar-refractivity contribution in [3.05, 3.63) is 66.4 Å². The van der Waals surface area contributed by atoms with Gasteiger partial charge in [-0.25, -0.2) is 0 Å². The minimum Gasteiger partial charge on any atom is -0.339 e. The average molecular weight is 346 g/mol. The van der Waals surface area contributed by atoms with Gasteiger partial charge in [-0.1, -0.05) is 0 Å². The molecule has 1 aliphatic rings. The maximum Gasteiger partial charge on any atom is 0.253 e. The summed E-state index contributed by atoms with van der Waals surface area (Å²) in [5.41, 5.74) is 3.03. The number of likely N-dealkylation sites (tertiary alicyclic amines) is 1. The number of amides is 1. The second kappa shape index (κ2) is 7.60. The largest absolute Gasteiger partial charge is 0.339 e. The van der Waals surface area contributed by atoms with E-state index in [1.54, 1.807) is 30.7 Å². The van der Waals surface area contributed by atoms with E-state index in [1.807, 2.05) is 23.4 Å². The third kappa shape index (κ3) is 3.57. The lowest BCUT2D eigenvalue weighted by molar-refractivity contribution is 0.0760. The molecule has 3 aromatic heterocycles. The number of aromatic nitrogens is 3. The predicted octanol–water partition coefficient (Wildman–Crippen LogP) is 3.51. The molecule has 0 unspecified atom stereocenters. The third-order valence-corrected chi connectivity index (χ3v) is 5.20. The number of hydrogen-bond donors (Lipinski definition) is 0. The van der Waals surface area contributed by atoms with Gasteiger partial charge in [-0.15, -0.1) is 0 Å². The number of rotatable bonds is 3. The highest BCUT2D eigenvalue weighted by Crippen LogP contribution is 2.25. The SMILES string of the molecule is O=C(c1ccncc1)N1CCC[C@@H](Cc2ccnc3ccncc23)CC1. The van der Waals surface area contributed by atoms with Gasteiger partial charge in [0.05, 0.1) is 5.52 Å². The first-order chi connectivity index (χ1) is 12.8. The van der Waals surface area contributed by atoms with Crippen molar-refractivity contribution in [3.8, 4) is 0 Å². The van der Waals surface area contributed by atoms with E-state index in [0.29, 0.717) is 5.92 Å². The topological polar surface area (TPSA) is 59.0 Å². The Morgan fingerprint density at radius 1 is 1.00 bits per heavy atom. The van der Waals surface area contributed by atoms with Crippen LogP contribution in [0.3, 0.4) is 0 Å². The summed E-state index contributed by atoms with van der Waals surface area (Å²) >= 11 is 0. The van der Waals surface area contributed by atoms with Gasteiger partial charge in [-0.3, -0.25) is 19.7 Å². The van der Waals surface area contributed by atoms with E-state index in [4.69, 9.17) is 0 Å². The van der Waals surface area contributed by atoms with E-state index >= 15 is 0 Å². The lowest BCUT2D eigenvalue weighted by atomic mass is 9.92. The standard InChI is InChI=1S/C21H22N4O/c26-21(17-3-8-22-9-4-17)25-12-1-2-16(7-13-25)14-18-5-11-24-20-6-10-23-15-19(18)20/h3-6,8-11,15-16H,1-2,7,12-14H2/t16-/m1/s1. The van der Waals surface area contributed by atoms with Crippen LogP contribution in [0.5, 0.6) is 0 Å². The number of hydrogen-bond acceptors (Lipinski definition) is 4. The van der Waals surface area contributed by atoms with Gasteiger partial charge in [0.25, 0.3) is 5.91 Å². The van der Waals surface area contributed by atoms with E-state index < -0.39 is 0 Å². The number of fused-ring (bicyclic) bond motifs is 1. The lowest BCUT2D eigenvalue weighted by Crippen LogP contribution is -2.32. The molecule has 132 valence electrons. The Balaban J connectivity index is 1.45. The van der Waals surface area contributed by atoms with Crippen molar-refractivity contribution in [1.29, 1.82) is 0 Å². The molecule has 1 atom stereocenters. The van der Waals surface area contributed by atoms with Crippen LogP contribution in [-0.2, 0) is 6.42 Å². The van der Waals surface area contributed by atoms with E-state index in [2.05, 4.69) is 21.0 Å². The minimum atomic E-state index is 0.117. The van der Waals surface area contributed by atoms with Gasteiger partial charge in [0, 0.05) is 55.0 Å². The van der Waals surface area contributed by atoms with Crippen LogP contribution >= 0.6 is 0 Å². The van der Waals surface area contributed by atoms with Crippen LogP contribution in [0.15, 0.2) is 55.2 Å². The van der Waals surface area contributed by atoms with Crippen molar-refractivity contribution in [1.82, 2.24) is 19.9 Å². The average Bonchev–Trinajstić information content (AvgIpc) is 2.94. The first-order valence-corrected chi connectivity index (χ1v) is 9.18. The molecule has 26 heavy (non-hydrogen) atoms. The zero-order valence-electron chi connectivity index (χ0n) is 14.7. The van der Waals surface area contributed by atoms with Crippen LogP contribution in [0.25, 0.3) is 10.9 Å². The Morgan fingerprint density at radius 2 is 1.85 bits per heavy atom. The maximum absolute atomic E-state index is 12.7. The van der Waals surface area contributed by atoms with Gasteiger partial charge in [0.2, 0.25) is 0 Å². The molecule has 5 heteroatoms. The van der Waals surface area contributed by atoms with Crippen LogP contribution in [0.4, 0.5) is 0 Å². The van der Waals surface area contributed by atoms with E-state index in [1.165, 1.54) is 5.56 Å². The maximum atomic E-state index is 12.7. The van der Waals surface area contributed by atoms with Gasteiger partial charge in [-0.2, -0.15) is 0 Å². The normalized spacial score (nSPS) is 17.8. The number of carbonyl (C=O) groups excluding carboxylic acids is 1. The second-order valence-corrected chi connectivity index (χ2v) is 6.89. The van der Waals surface area contributed by atoms with Gasteiger partial charge in [0.15, 0.2) is 0 Å². The molecule has 1 fully saturated rings. The molecule has 0 radical (unpaired) electrons. The molecule has 3 aromatic rings. The van der Waals surface area contributed by atoms with Crippen LogP contribution in [0, 0.1) is 5.92 Å². The summed E-state index contributed by atoms with van der Waals surface area (Å²) < 4.78 is 0. The minimum absolute atomic E-state index is 0.117. The Labute approximate surface area is 153 Å².